The van der Waals surface area contributed by atoms with Crippen LogP contribution < -0.4 is 0 Å². The Hall–Kier alpha value is -1.22. The summed E-state index contributed by atoms with van der Waals surface area (Å²) in [5.74, 6) is -3.03. The number of ketones is 3. The minimum absolute atomic E-state index is 0.00481. The van der Waals surface area contributed by atoms with E-state index in [0.717, 1.165) is 0 Å². The lowest BCUT2D eigenvalue weighted by atomic mass is 9.45. The van der Waals surface area contributed by atoms with Crippen LogP contribution in [0, 0.1) is 22.7 Å². The lowest BCUT2D eigenvalue weighted by molar-refractivity contribution is -0.235. The molecule has 8 atom stereocenters. The number of halogens is 1. The van der Waals surface area contributed by atoms with Crippen molar-refractivity contribution in [3.05, 3.63) is 0 Å². The average molecular weight is 414 g/mol. The van der Waals surface area contributed by atoms with Gasteiger partial charge in [0.1, 0.15) is 18.2 Å². The number of carbonyl (C=O) groups excluding carboxylic acids is 3. The molecule has 0 saturated heterocycles. The molecule has 1 unspecified atom stereocenters. The maximum atomic E-state index is 16.8. The van der Waals surface area contributed by atoms with Crippen molar-refractivity contribution in [1.82, 2.24) is 0 Å². The third-order valence-electron chi connectivity index (χ3n) is 8.47. The highest BCUT2D eigenvalue weighted by molar-refractivity contribution is 5.91. The SMILES string of the molecule is CC(=O)CC[C@@]1(C)C(=O)CC[C@H]2[C@@H]3C[C@@H](O)[C@](O)(C(=O)CO)[C@@]3(C)C[C@H](O)C21F. The second kappa shape index (κ2) is 6.90. The highest BCUT2D eigenvalue weighted by Crippen LogP contribution is 2.68. The molecule has 3 aliphatic carbocycles. The summed E-state index contributed by atoms with van der Waals surface area (Å²) in [6.45, 7) is 3.37. The van der Waals surface area contributed by atoms with Gasteiger partial charge in [-0.1, -0.05) is 6.92 Å². The molecule has 0 aromatic heterocycles. The summed E-state index contributed by atoms with van der Waals surface area (Å²) in [6, 6.07) is 0. The van der Waals surface area contributed by atoms with Crippen molar-refractivity contribution in [1.29, 1.82) is 0 Å². The quantitative estimate of drug-likeness (QED) is 0.515. The van der Waals surface area contributed by atoms with E-state index in [1.807, 2.05) is 0 Å². The van der Waals surface area contributed by atoms with Gasteiger partial charge >= 0.3 is 0 Å². The topological polar surface area (TPSA) is 132 Å². The highest BCUT2D eigenvalue weighted by atomic mass is 19.1. The van der Waals surface area contributed by atoms with Crippen LogP contribution >= 0.6 is 0 Å². The number of fused-ring (bicyclic) bond motifs is 3. The van der Waals surface area contributed by atoms with Gasteiger partial charge in [-0.15, -0.1) is 0 Å². The van der Waals surface area contributed by atoms with E-state index in [2.05, 4.69) is 0 Å². The van der Waals surface area contributed by atoms with Crippen molar-refractivity contribution in [2.24, 2.45) is 22.7 Å². The van der Waals surface area contributed by atoms with Crippen LogP contribution in [0.1, 0.15) is 59.3 Å². The Morgan fingerprint density at radius 3 is 2.34 bits per heavy atom. The predicted octanol–water partition coefficient (Wildman–Crippen LogP) is 0.493. The predicted molar refractivity (Wildman–Crippen MR) is 99.5 cm³/mol. The Morgan fingerprint density at radius 1 is 1.17 bits per heavy atom. The van der Waals surface area contributed by atoms with Crippen LogP contribution in [-0.4, -0.2) is 67.9 Å². The molecule has 3 saturated carbocycles. The van der Waals surface area contributed by atoms with E-state index in [-0.39, 0.29) is 50.1 Å². The van der Waals surface area contributed by atoms with Crippen molar-refractivity contribution in [2.45, 2.75) is 82.8 Å². The van der Waals surface area contributed by atoms with Gasteiger partial charge in [0.15, 0.2) is 17.1 Å². The lowest BCUT2D eigenvalue weighted by Crippen LogP contribution is -2.71. The van der Waals surface area contributed by atoms with Crippen LogP contribution in [0.4, 0.5) is 4.39 Å². The summed E-state index contributed by atoms with van der Waals surface area (Å²) in [5.41, 5.74) is -7.57. The van der Waals surface area contributed by atoms with Crippen molar-refractivity contribution >= 4 is 17.3 Å². The van der Waals surface area contributed by atoms with E-state index < -0.39 is 58.5 Å². The van der Waals surface area contributed by atoms with E-state index >= 15 is 4.39 Å². The second-order valence-corrected chi connectivity index (χ2v) is 9.71. The third kappa shape index (κ3) is 2.65. The van der Waals surface area contributed by atoms with Crippen LogP contribution in [0.5, 0.6) is 0 Å². The van der Waals surface area contributed by atoms with Gasteiger partial charge < -0.3 is 25.2 Å². The van der Waals surface area contributed by atoms with E-state index in [1.54, 1.807) is 0 Å². The first-order valence-electron chi connectivity index (χ1n) is 10.2. The maximum absolute atomic E-state index is 16.8. The number of hydrogen-bond acceptors (Lipinski definition) is 7. The zero-order chi connectivity index (χ0) is 22.0. The normalized spacial score (nSPS) is 49.4. The molecule has 0 heterocycles. The molecular formula is C21H31FO7. The molecule has 3 rings (SSSR count). The zero-order valence-corrected chi connectivity index (χ0v) is 17.2. The molecule has 0 spiro atoms. The summed E-state index contributed by atoms with van der Waals surface area (Å²) in [5, 5.41) is 42.0. The molecule has 3 aliphatic rings. The standard InChI is InChI=1S/C21H31FO7/c1-11(24)6-7-18(2)14(25)5-4-12-13-8-15(26)21(29,17(28)10-23)19(13,3)9-16(27)20(12,18)22/h12-13,15-16,23,26-27,29H,4-10H2,1-3H3/t12-,13-,15+,16-,18-,19-,20?,21-/m0/s1. The van der Waals surface area contributed by atoms with E-state index in [4.69, 9.17) is 0 Å². The van der Waals surface area contributed by atoms with Crippen molar-refractivity contribution in [2.75, 3.05) is 6.61 Å². The Balaban J connectivity index is 2.09. The van der Waals surface area contributed by atoms with E-state index in [0.29, 0.717) is 0 Å². The fraction of sp³-hybridized carbons (Fsp3) is 0.857. The summed E-state index contributed by atoms with van der Waals surface area (Å²) >= 11 is 0. The minimum atomic E-state index is -2.34. The largest absolute Gasteiger partial charge is 0.390 e. The first kappa shape index (κ1) is 22.5. The molecule has 3 fully saturated rings. The summed E-state index contributed by atoms with van der Waals surface area (Å²) in [4.78, 5) is 36.7. The minimum Gasteiger partial charge on any atom is -0.390 e. The average Bonchev–Trinajstić information content (AvgIpc) is 2.85. The van der Waals surface area contributed by atoms with Gasteiger partial charge in [0, 0.05) is 24.2 Å². The number of carbonyl (C=O) groups is 3. The Kier molecular flexibility index (Phi) is 5.35. The second-order valence-electron chi connectivity index (χ2n) is 9.71. The van der Waals surface area contributed by atoms with Crippen LogP contribution in [-0.2, 0) is 14.4 Å². The molecule has 0 aromatic rings. The maximum Gasteiger partial charge on any atom is 0.192 e. The third-order valence-corrected chi connectivity index (χ3v) is 8.47. The first-order valence-corrected chi connectivity index (χ1v) is 10.2. The summed E-state index contributed by atoms with van der Waals surface area (Å²) < 4.78 is 16.8. The van der Waals surface area contributed by atoms with Crippen LogP contribution in [0.3, 0.4) is 0 Å². The van der Waals surface area contributed by atoms with Gasteiger partial charge in [0.05, 0.1) is 17.6 Å². The summed E-state index contributed by atoms with van der Waals surface area (Å²) in [7, 11) is 0. The van der Waals surface area contributed by atoms with Gasteiger partial charge in [-0.25, -0.2) is 4.39 Å². The number of alkyl halides is 1. The Bertz CT molecular complexity index is 741. The number of aliphatic hydroxyl groups is 4. The molecule has 8 heteroatoms. The zero-order valence-electron chi connectivity index (χ0n) is 17.2. The first-order chi connectivity index (χ1) is 13.3. The number of aliphatic hydroxyl groups excluding tert-OH is 3. The molecule has 0 bridgehead atoms. The molecular weight excluding hydrogens is 383 g/mol. The van der Waals surface area contributed by atoms with E-state index in [1.165, 1.54) is 20.8 Å². The van der Waals surface area contributed by atoms with Crippen LogP contribution in [0.25, 0.3) is 0 Å². The lowest BCUT2D eigenvalue weighted by Gasteiger charge is -2.61. The van der Waals surface area contributed by atoms with Gasteiger partial charge in [-0.2, -0.15) is 0 Å². The molecule has 29 heavy (non-hydrogen) atoms. The van der Waals surface area contributed by atoms with Gasteiger partial charge in [-0.3, -0.25) is 9.59 Å². The number of Topliss-reactive ketones (excluding diaryl/α,β-unsaturated/α-hetero) is 3. The summed E-state index contributed by atoms with van der Waals surface area (Å²) in [6.07, 6.45) is -3.43. The van der Waals surface area contributed by atoms with Crippen molar-refractivity contribution in [3.8, 4) is 0 Å². The van der Waals surface area contributed by atoms with E-state index in [9.17, 15) is 34.8 Å². The van der Waals surface area contributed by atoms with Crippen LogP contribution in [0.2, 0.25) is 0 Å². The Morgan fingerprint density at radius 2 is 1.79 bits per heavy atom. The molecule has 164 valence electrons. The smallest absolute Gasteiger partial charge is 0.192 e. The fourth-order valence-corrected chi connectivity index (χ4v) is 6.69. The fourth-order valence-electron chi connectivity index (χ4n) is 6.69. The van der Waals surface area contributed by atoms with Gasteiger partial charge in [-0.05, 0) is 45.4 Å². The van der Waals surface area contributed by atoms with Crippen molar-refractivity contribution < 1.29 is 39.2 Å². The monoisotopic (exact) mass is 414 g/mol. The highest BCUT2D eigenvalue weighted by Gasteiger charge is 2.76. The van der Waals surface area contributed by atoms with Crippen LogP contribution in [0.15, 0.2) is 0 Å². The molecule has 0 amide bonds. The molecule has 0 aromatic carbocycles. The van der Waals surface area contributed by atoms with Gasteiger partial charge in [0.25, 0.3) is 0 Å². The Labute approximate surface area is 169 Å². The molecule has 7 nitrogen and oxygen atoms in total. The molecule has 0 aliphatic heterocycles. The van der Waals surface area contributed by atoms with Crippen molar-refractivity contribution in [3.63, 3.8) is 0 Å². The van der Waals surface area contributed by atoms with Gasteiger partial charge in [0.2, 0.25) is 0 Å². The number of hydrogen-bond donors (Lipinski definition) is 4. The number of rotatable bonds is 5. The molecule has 0 radical (unpaired) electrons. The molecule has 4 N–H and O–H groups in total.